The molecule has 2 rings (SSSR count). The minimum atomic E-state index is -0.608. The summed E-state index contributed by atoms with van der Waals surface area (Å²) in [5.41, 5.74) is 1.58. The van der Waals surface area contributed by atoms with Gasteiger partial charge in [-0.3, -0.25) is 4.98 Å². The highest BCUT2D eigenvalue weighted by Crippen LogP contribution is 2.18. The van der Waals surface area contributed by atoms with Gasteiger partial charge in [0.25, 0.3) is 0 Å². The molecular weight excluding hydrogens is 164 g/mol. The van der Waals surface area contributed by atoms with Crippen molar-refractivity contribution in [2.24, 2.45) is 0 Å². The second kappa shape index (κ2) is 3.41. The van der Waals surface area contributed by atoms with Crippen LogP contribution in [-0.2, 0) is 0 Å². The molecule has 13 heavy (non-hydrogen) atoms. The lowest BCUT2D eigenvalue weighted by Gasteiger charge is -2.07. The lowest BCUT2D eigenvalue weighted by molar-refractivity contribution is 0.215. The first kappa shape index (κ1) is 8.01. The minimum absolute atomic E-state index is 0.608. The third kappa shape index (κ3) is 1.60. The van der Waals surface area contributed by atoms with Gasteiger partial charge in [-0.05, 0) is 18.2 Å². The van der Waals surface area contributed by atoms with Gasteiger partial charge in [-0.2, -0.15) is 0 Å². The molecule has 2 heterocycles. The van der Waals surface area contributed by atoms with E-state index in [1.54, 1.807) is 18.6 Å². The number of hydrogen-bond donors (Lipinski definition) is 2. The average molecular weight is 174 g/mol. The summed E-state index contributed by atoms with van der Waals surface area (Å²) in [5, 5.41) is 9.81. The van der Waals surface area contributed by atoms with Gasteiger partial charge in [0.15, 0.2) is 0 Å². The lowest BCUT2D eigenvalue weighted by atomic mass is 10.1. The van der Waals surface area contributed by atoms with Gasteiger partial charge in [-0.25, -0.2) is 0 Å². The molecule has 0 saturated carbocycles. The number of pyridine rings is 1. The largest absolute Gasteiger partial charge is 0.382 e. The number of nitrogens with zero attached hydrogens (tertiary/aromatic N) is 1. The summed E-state index contributed by atoms with van der Waals surface area (Å²) in [7, 11) is 0. The fraction of sp³-hybridized carbons (Fsp3) is 0.100. The third-order valence-corrected chi connectivity index (χ3v) is 1.92. The Kier molecular flexibility index (Phi) is 2.10. The van der Waals surface area contributed by atoms with Crippen molar-refractivity contribution in [1.29, 1.82) is 0 Å². The first-order chi connectivity index (χ1) is 6.38. The van der Waals surface area contributed by atoms with Crippen LogP contribution in [0.1, 0.15) is 17.4 Å². The normalized spacial score (nSPS) is 12.7. The summed E-state index contributed by atoms with van der Waals surface area (Å²) in [5.74, 6) is 0. The highest BCUT2D eigenvalue weighted by atomic mass is 16.3. The number of aliphatic hydroxyl groups is 1. The van der Waals surface area contributed by atoms with Crippen LogP contribution in [0.4, 0.5) is 0 Å². The zero-order valence-electron chi connectivity index (χ0n) is 7.01. The zero-order chi connectivity index (χ0) is 9.10. The SMILES string of the molecule is OC(c1cccnc1)c1ccc[nH]1. The molecule has 1 unspecified atom stereocenters. The number of nitrogens with one attached hydrogen (secondary N) is 1. The Bertz CT molecular complexity index is 356. The molecule has 66 valence electrons. The van der Waals surface area contributed by atoms with Crippen molar-refractivity contribution in [1.82, 2.24) is 9.97 Å². The molecule has 0 aliphatic heterocycles. The monoisotopic (exact) mass is 174 g/mol. The van der Waals surface area contributed by atoms with Crippen LogP contribution in [0.3, 0.4) is 0 Å². The van der Waals surface area contributed by atoms with Crippen LogP contribution in [0, 0.1) is 0 Å². The van der Waals surface area contributed by atoms with E-state index in [-0.39, 0.29) is 0 Å². The molecule has 0 aromatic carbocycles. The molecule has 2 N–H and O–H groups in total. The Hall–Kier alpha value is -1.61. The summed E-state index contributed by atoms with van der Waals surface area (Å²) in [4.78, 5) is 6.90. The maximum Gasteiger partial charge on any atom is 0.120 e. The van der Waals surface area contributed by atoms with Gasteiger partial charge in [0.2, 0.25) is 0 Å². The Morgan fingerprint density at radius 1 is 1.31 bits per heavy atom. The molecule has 0 spiro atoms. The molecule has 1 atom stereocenters. The fourth-order valence-corrected chi connectivity index (χ4v) is 1.23. The topological polar surface area (TPSA) is 48.9 Å². The van der Waals surface area contributed by atoms with Crippen molar-refractivity contribution >= 4 is 0 Å². The highest BCUT2D eigenvalue weighted by Gasteiger charge is 2.09. The van der Waals surface area contributed by atoms with Gasteiger partial charge in [0.1, 0.15) is 6.10 Å². The molecule has 2 aromatic rings. The Morgan fingerprint density at radius 2 is 2.23 bits per heavy atom. The lowest BCUT2D eigenvalue weighted by Crippen LogP contribution is -1.99. The summed E-state index contributed by atoms with van der Waals surface area (Å²) in [6, 6.07) is 7.35. The van der Waals surface area contributed by atoms with Crippen LogP contribution >= 0.6 is 0 Å². The van der Waals surface area contributed by atoms with Crippen LogP contribution in [0.2, 0.25) is 0 Å². The third-order valence-electron chi connectivity index (χ3n) is 1.92. The van der Waals surface area contributed by atoms with Crippen molar-refractivity contribution in [3.63, 3.8) is 0 Å². The number of H-pyrrole nitrogens is 1. The standard InChI is InChI=1S/C10H10N2O/c13-10(9-4-2-6-12-9)8-3-1-5-11-7-8/h1-7,10,12-13H. The number of hydrogen-bond acceptors (Lipinski definition) is 2. The Morgan fingerprint density at radius 3 is 2.85 bits per heavy atom. The first-order valence-electron chi connectivity index (χ1n) is 4.09. The molecule has 0 fully saturated rings. The maximum absolute atomic E-state index is 9.81. The zero-order valence-corrected chi connectivity index (χ0v) is 7.01. The van der Waals surface area contributed by atoms with Gasteiger partial charge in [0.05, 0.1) is 0 Å². The minimum Gasteiger partial charge on any atom is -0.382 e. The number of rotatable bonds is 2. The van der Waals surface area contributed by atoms with Gasteiger partial charge < -0.3 is 10.1 Å². The van der Waals surface area contributed by atoms with Crippen LogP contribution in [0.5, 0.6) is 0 Å². The fourth-order valence-electron chi connectivity index (χ4n) is 1.23. The molecule has 0 radical (unpaired) electrons. The number of aromatic nitrogens is 2. The molecule has 0 bridgehead atoms. The average Bonchev–Trinajstić information content (AvgIpc) is 2.71. The van der Waals surface area contributed by atoms with Crippen molar-refractivity contribution in [3.8, 4) is 0 Å². The predicted molar refractivity (Wildman–Crippen MR) is 49.1 cm³/mol. The molecular formula is C10H10N2O. The Balaban J connectivity index is 2.29. The van der Waals surface area contributed by atoms with Crippen LogP contribution in [-0.4, -0.2) is 15.1 Å². The second-order valence-corrected chi connectivity index (χ2v) is 2.81. The van der Waals surface area contributed by atoms with Crippen molar-refractivity contribution < 1.29 is 5.11 Å². The molecule has 0 aliphatic carbocycles. The smallest absolute Gasteiger partial charge is 0.120 e. The van der Waals surface area contributed by atoms with E-state index in [4.69, 9.17) is 0 Å². The van der Waals surface area contributed by atoms with E-state index >= 15 is 0 Å². The second-order valence-electron chi connectivity index (χ2n) is 2.81. The molecule has 0 aliphatic rings. The van der Waals surface area contributed by atoms with Gasteiger partial charge in [-0.15, -0.1) is 0 Å². The first-order valence-corrected chi connectivity index (χ1v) is 4.09. The molecule has 0 amide bonds. The van der Waals surface area contributed by atoms with E-state index in [1.165, 1.54) is 0 Å². The van der Waals surface area contributed by atoms with Crippen molar-refractivity contribution in [2.45, 2.75) is 6.10 Å². The van der Waals surface area contributed by atoms with Crippen LogP contribution < -0.4 is 0 Å². The van der Waals surface area contributed by atoms with Crippen molar-refractivity contribution in [3.05, 3.63) is 54.1 Å². The van der Waals surface area contributed by atoms with E-state index in [0.29, 0.717) is 0 Å². The van der Waals surface area contributed by atoms with E-state index in [9.17, 15) is 5.11 Å². The quantitative estimate of drug-likeness (QED) is 0.724. The molecule has 0 saturated heterocycles. The van der Waals surface area contributed by atoms with E-state index in [1.807, 2.05) is 24.3 Å². The van der Waals surface area contributed by atoms with Gasteiger partial charge in [0, 0.05) is 29.8 Å². The van der Waals surface area contributed by atoms with E-state index in [0.717, 1.165) is 11.3 Å². The van der Waals surface area contributed by atoms with E-state index < -0.39 is 6.10 Å². The maximum atomic E-state index is 9.81. The Labute approximate surface area is 76.1 Å². The number of aliphatic hydroxyl groups excluding tert-OH is 1. The summed E-state index contributed by atoms with van der Waals surface area (Å²) >= 11 is 0. The molecule has 3 heteroatoms. The van der Waals surface area contributed by atoms with E-state index in [2.05, 4.69) is 9.97 Å². The highest BCUT2D eigenvalue weighted by molar-refractivity contribution is 5.22. The van der Waals surface area contributed by atoms with Crippen LogP contribution in [0.15, 0.2) is 42.9 Å². The predicted octanol–water partition coefficient (Wildman–Crippen LogP) is 1.49. The summed E-state index contributed by atoms with van der Waals surface area (Å²) < 4.78 is 0. The molecule has 2 aromatic heterocycles. The van der Waals surface area contributed by atoms with Gasteiger partial charge in [-0.1, -0.05) is 6.07 Å². The summed E-state index contributed by atoms with van der Waals surface area (Å²) in [6.45, 7) is 0. The van der Waals surface area contributed by atoms with Crippen molar-refractivity contribution in [2.75, 3.05) is 0 Å². The number of aromatic amines is 1. The van der Waals surface area contributed by atoms with Crippen LogP contribution in [0.25, 0.3) is 0 Å². The van der Waals surface area contributed by atoms with Gasteiger partial charge >= 0.3 is 0 Å². The molecule has 3 nitrogen and oxygen atoms in total. The summed E-state index contributed by atoms with van der Waals surface area (Å²) in [6.07, 6.45) is 4.52.